The molecule has 162 valence electrons. The lowest BCUT2D eigenvalue weighted by atomic mass is 10.1. The molecule has 0 saturated carbocycles. The molecule has 0 aromatic heterocycles. The van der Waals surface area contributed by atoms with E-state index in [1.807, 2.05) is 0 Å². The molecule has 2 aromatic carbocycles. The van der Waals surface area contributed by atoms with Crippen molar-refractivity contribution in [1.29, 1.82) is 0 Å². The van der Waals surface area contributed by atoms with E-state index in [-0.39, 0.29) is 35.2 Å². The number of nitrogens with zero attached hydrogens (tertiary/aromatic N) is 1. The SMILES string of the molecule is COC(=O)C1=C(C(=O)OC)N(c2ccc(NC(=O)c3ccc(Cl)cc3Cl)cc2)COC1. The minimum Gasteiger partial charge on any atom is -0.466 e. The maximum absolute atomic E-state index is 12.5. The highest BCUT2D eigenvalue weighted by molar-refractivity contribution is 6.37. The van der Waals surface area contributed by atoms with Crippen LogP contribution in [0.4, 0.5) is 11.4 Å². The zero-order valence-electron chi connectivity index (χ0n) is 16.6. The van der Waals surface area contributed by atoms with Crippen LogP contribution in [0.5, 0.6) is 0 Å². The fourth-order valence-corrected chi connectivity index (χ4v) is 3.44. The van der Waals surface area contributed by atoms with Gasteiger partial charge in [-0.3, -0.25) is 4.79 Å². The second kappa shape index (κ2) is 9.82. The van der Waals surface area contributed by atoms with Gasteiger partial charge in [-0.2, -0.15) is 0 Å². The molecule has 2 aromatic rings. The molecule has 0 radical (unpaired) electrons. The standard InChI is InChI=1S/C21H18Cl2N2O6/c1-29-20(27)16-10-31-11-25(18(16)21(28)30-2)14-6-4-13(5-7-14)24-19(26)15-8-3-12(22)9-17(15)23/h3-9H,10-11H2,1-2H3,(H,24,26). The van der Waals surface area contributed by atoms with Crippen LogP contribution in [-0.4, -0.2) is 45.4 Å². The predicted octanol–water partition coefficient (Wildman–Crippen LogP) is 3.64. The Hall–Kier alpha value is -3.07. The Labute approximate surface area is 188 Å². The number of carbonyl (C=O) groups excluding carboxylic acids is 3. The summed E-state index contributed by atoms with van der Waals surface area (Å²) in [4.78, 5) is 38.4. The Bertz CT molecular complexity index is 1050. The van der Waals surface area contributed by atoms with Crippen LogP contribution in [0.25, 0.3) is 0 Å². The Morgan fingerprint density at radius 3 is 2.29 bits per heavy atom. The van der Waals surface area contributed by atoms with Crippen LogP contribution >= 0.6 is 23.2 Å². The number of nitrogens with one attached hydrogen (secondary N) is 1. The van der Waals surface area contributed by atoms with Gasteiger partial charge >= 0.3 is 11.9 Å². The Morgan fingerprint density at radius 1 is 1.00 bits per heavy atom. The summed E-state index contributed by atoms with van der Waals surface area (Å²) >= 11 is 11.9. The molecule has 0 saturated heterocycles. The molecule has 1 heterocycles. The minimum absolute atomic E-state index is 0.0248. The van der Waals surface area contributed by atoms with Crippen LogP contribution in [-0.2, 0) is 23.8 Å². The summed E-state index contributed by atoms with van der Waals surface area (Å²) in [6.45, 7) is -0.0549. The van der Waals surface area contributed by atoms with Crippen molar-refractivity contribution in [2.75, 3.05) is 37.8 Å². The number of esters is 2. The summed E-state index contributed by atoms with van der Waals surface area (Å²) in [5, 5.41) is 3.39. The highest BCUT2D eigenvalue weighted by Gasteiger charge is 2.32. The van der Waals surface area contributed by atoms with Crippen molar-refractivity contribution in [3.05, 3.63) is 69.3 Å². The molecule has 3 rings (SSSR count). The van der Waals surface area contributed by atoms with Crippen molar-refractivity contribution < 1.29 is 28.6 Å². The molecule has 1 aliphatic rings. The first-order chi connectivity index (χ1) is 14.8. The highest BCUT2D eigenvalue weighted by atomic mass is 35.5. The average molecular weight is 465 g/mol. The van der Waals surface area contributed by atoms with E-state index < -0.39 is 17.8 Å². The largest absolute Gasteiger partial charge is 0.466 e. The van der Waals surface area contributed by atoms with Crippen molar-refractivity contribution in [1.82, 2.24) is 0 Å². The van der Waals surface area contributed by atoms with Crippen LogP contribution in [0, 0.1) is 0 Å². The van der Waals surface area contributed by atoms with Crippen molar-refractivity contribution in [2.24, 2.45) is 0 Å². The number of amides is 1. The molecule has 1 amide bonds. The molecule has 1 N–H and O–H groups in total. The van der Waals surface area contributed by atoms with Crippen LogP contribution in [0.1, 0.15) is 10.4 Å². The molecule has 10 heteroatoms. The lowest BCUT2D eigenvalue weighted by Gasteiger charge is -2.31. The van der Waals surface area contributed by atoms with E-state index in [2.05, 4.69) is 5.32 Å². The number of benzene rings is 2. The summed E-state index contributed by atoms with van der Waals surface area (Å²) in [5.41, 5.74) is 1.40. The molecular formula is C21H18Cl2N2O6. The summed E-state index contributed by atoms with van der Waals surface area (Å²) in [6.07, 6.45) is 0. The third kappa shape index (κ3) is 4.99. The first kappa shape index (κ1) is 22.6. The number of carbonyl (C=O) groups is 3. The van der Waals surface area contributed by atoms with Crippen LogP contribution in [0.2, 0.25) is 10.0 Å². The van der Waals surface area contributed by atoms with Gasteiger partial charge in [-0.15, -0.1) is 0 Å². The first-order valence-corrected chi connectivity index (χ1v) is 9.72. The van der Waals surface area contributed by atoms with Gasteiger partial charge in [0.2, 0.25) is 0 Å². The monoisotopic (exact) mass is 464 g/mol. The molecule has 0 atom stereocenters. The number of methoxy groups -OCH3 is 2. The number of hydrogen-bond donors (Lipinski definition) is 1. The molecule has 8 nitrogen and oxygen atoms in total. The molecule has 1 aliphatic heterocycles. The van der Waals surface area contributed by atoms with Gasteiger partial charge in [0.05, 0.1) is 37.0 Å². The molecule has 0 bridgehead atoms. The van der Waals surface area contributed by atoms with Crippen LogP contribution in [0.15, 0.2) is 53.7 Å². The average Bonchev–Trinajstić information content (AvgIpc) is 2.77. The summed E-state index contributed by atoms with van der Waals surface area (Å²) in [7, 11) is 2.44. The van der Waals surface area contributed by atoms with Gasteiger partial charge in [-0.25, -0.2) is 9.59 Å². The minimum atomic E-state index is -0.696. The Balaban J connectivity index is 1.85. The van der Waals surface area contributed by atoms with Crippen LogP contribution < -0.4 is 10.2 Å². The zero-order valence-corrected chi connectivity index (χ0v) is 18.1. The van der Waals surface area contributed by atoms with Gasteiger partial charge in [-0.05, 0) is 42.5 Å². The van der Waals surface area contributed by atoms with Crippen molar-refractivity contribution in [3.8, 4) is 0 Å². The third-order valence-corrected chi connectivity index (χ3v) is 4.99. The lowest BCUT2D eigenvalue weighted by Crippen LogP contribution is -2.38. The van der Waals surface area contributed by atoms with E-state index in [9.17, 15) is 14.4 Å². The molecule has 0 fully saturated rings. The van der Waals surface area contributed by atoms with Gasteiger partial charge in [0.25, 0.3) is 5.91 Å². The van der Waals surface area contributed by atoms with E-state index in [0.29, 0.717) is 16.4 Å². The number of anilines is 2. The van der Waals surface area contributed by atoms with Gasteiger partial charge in [0.1, 0.15) is 12.4 Å². The van der Waals surface area contributed by atoms with Crippen molar-refractivity contribution in [3.63, 3.8) is 0 Å². The Kier molecular flexibility index (Phi) is 7.17. The first-order valence-electron chi connectivity index (χ1n) is 8.97. The molecular weight excluding hydrogens is 447 g/mol. The van der Waals surface area contributed by atoms with Gasteiger partial charge in [-0.1, -0.05) is 23.2 Å². The van der Waals surface area contributed by atoms with E-state index in [4.69, 9.17) is 37.4 Å². The van der Waals surface area contributed by atoms with Crippen molar-refractivity contribution >= 4 is 52.4 Å². The topological polar surface area (TPSA) is 94.2 Å². The fraction of sp³-hybridized carbons (Fsp3) is 0.190. The Morgan fingerprint density at radius 2 is 1.68 bits per heavy atom. The smallest absolute Gasteiger partial charge is 0.355 e. The number of rotatable bonds is 5. The second-order valence-corrected chi connectivity index (χ2v) is 7.18. The quantitative estimate of drug-likeness (QED) is 0.674. The summed E-state index contributed by atoms with van der Waals surface area (Å²) in [5.74, 6) is -1.79. The van der Waals surface area contributed by atoms with Crippen molar-refractivity contribution in [2.45, 2.75) is 0 Å². The van der Waals surface area contributed by atoms with E-state index in [0.717, 1.165) is 0 Å². The maximum Gasteiger partial charge on any atom is 0.355 e. The van der Waals surface area contributed by atoms with E-state index in [1.54, 1.807) is 30.3 Å². The number of hydrogen-bond acceptors (Lipinski definition) is 7. The normalized spacial score (nSPS) is 13.6. The zero-order chi connectivity index (χ0) is 22.5. The molecule has 0 spiro atoms. The molecule has 31 heavy (non-hydrogen) atoms. The van der Waals surface area contributed by atoms with Crippen LogP contribution in [0.3, 0.4) is 0 Å². The maximum atomic E-state index is 12.5. The lowest BCUT2D eigenvalue weighted by molar-refractivity contribution is -0.140. The van der Waals surface area contributed by atoms with Gasteiger partial charge < -0.3 is 24.4 Å². The predicted molar refractivity (Wildman–Crippen MR) is 115 cm³/mol. The van der Waals surface area contributed by atoms with E-state index >= 15 is 0 Å². The second-order valence-electron chi connectivity index (χ2n) is 6.34. The third-order valence-electron chi connectivity index (χ3n) is 4.45. The number of ether oxygens (including phenoxy) is 3. The van der Waals surface area contributed by atoms with Gasteiger partial charge in [0.15, 0.2) is 0 Å². The van der Waals surface area contributed by atoms with E-state index in [1.165, 1.54) is 31.3 Å². The molecule has 0 unspecified atom stereocenters. The summed E-state index contributed by atoms with van der Waals surface area (Å²) in [6, 6.07) is 11.2. The highest BCUT2D eigenvalue weighted by Crippen LogP contribution is 2.28. The fourth-order valence-electron chi connectivity index (χ4n) is 2.94. The number of halogens is 2. The molecule has 0 aliphatic carbocycles. The summed E-state index contributed by atoms with van der Waals surface area (Å²) < 4.78 is 15.0. The van der Waals surface area contributed by atoms with Gasteiger partial charge in [0, 0.05) is 16.4 Å².